The van der Waals surface area contributed by atoms with E-state index in [-0.39, 0.29) is 39.6 Å². The molecule has 1 amide bonds. The van der Waals surface area contributed by atoms with E-state index >= 15 is 0 Å². The molecule has 1 N–H and O–H groups in total. The van der Waals surface area contributed by atoms with Gasteiger partial charge in [0.05, 0.1) is 16.9 Å². The second kappa shape index (κ2) is 10.1. The van der Waals surface area contributed by atoms with Crippen LogP contribution >= 0.6 is 11.6 Å². The van der Waals surface area contributed by atoms with Gasteiger partial charge in [-0.05, 0) is 23.8 Å². The Bertz CT molecular complexity index is 1500. The zero-order valence-corrected chi connectivity index (χ0v) is 18.8. The normalized spacial score (nSPS) is 10.7. The number of nitrogens with zero attached hydrogens (tertiary/aromatic N) is 3. The minimum atomic E-state index is -0.903. The molecule has 4 aromatic rings. The molecule has 1 heterocycles. The Morgan fingerprint density at radius 1 is 1.03 bits per heavy atom. The topological polar surface area (TPSA) is 133 Å². The number of hydrogen-bond donors (Lipinski definition) is 1. The number of aromatic nitrogens is 2. The van der Waals surface area contributed by atoms with E-state index in [0.717, 1.165) is 11.6 Å². The summed E-state index contributed by atoms with van der Waals surface area (Å²) in [6.07, 6.45) is 0. The molecule has 0 atom stereocenters. The number of carbonyl (C=O) groups excluding carboxylic acids is 2. The van der Waals surface area contributed by atoms with E-state index in [4.69, 9.17) is 16.3 Å². The Morgan fingerprint density at radius 3 is 2.43 bits per heavy atom. The maximum atomic E-state index is 12.9. The van der Waals surface area contributed by atoms with Crippen molar-refractivity contribution in [3.63, 3.8) is 0 Å². The predicted molar refractivity (Wildman–Crippen MR) is 129 cm³/mol. The van der Waals surface area contributed by atoms with Crippen molar-refractivity contribution in [3.05, 3.63) is 110 Å². The van der Waals surface area contributed by atoms with Gasteiger partial charge in [0.25, 0.3) is 17.2 Å². The van der Waals surface area contributed by atoms with Gasteiger partial charge in [0.15, 0.2) is 12.3 Å². The second-order valence-electron chi connectivity index (χ2n) is 7.39. The summed E-state index contributed by atoms with van der Waals surface area (Å²) in [7, 11) is 0. The van der Waals surface area contributed by atoms with Gasteiger partial charge in [-0.1, -0.05) is 60.1 Å². The highest BCUT2D eigenvalue weighted by Crippen LogP contribution is 2.27. The Morgan fingerprint density at radius 2 is 1.71 bits per heavy atom. The lowest BCUT2D eigenvalue weighted by atomic mass is 10.1. The van der Waals surface area contributed by atoms with Crippen LogP contribution in [0.3, 0.4) is 0 Å². The van der Waals surface area contributed by atoms with Crippen molar-refractivity contribution < 1.29 is 19.2 Å². The van der Waals surface area contributed by atoms with Crippen molar-refractivity contribution in [2.45, 2.75) is 6.54 Å². The summed E-state index contributed by atoms with van der Waals surface area (Å²) < 4.78 is 6.30. The average Bonchev–Trinajstić information content (AvgIpc) is 2.86. The predicted octanol–water partition coefficient (Wildman–Crippen LogP) is 3.80. The summed E-state index contributed by atoms with van der Waals surface area (Å²) in [5.41, 5.74) is 0.0576. The molecule has 176 valence electrons. The monoisotopic (exact) mass is 492 g/mol. The molecular formula is C24H17ClN4O6. The average molecular weight is 493 g/mol. The molecular weight excluding hydrogens is 476 g/mol. The first-order valence-electron chi connectivity index (χ1n) is 10.3. The van der Waals surface area contributed by atoms with Gasteiger partial charge in [-0.15, -0.1) is 0 Å². The first-order chi connectivity index (χ1) is 16.8. The van der Waals surface area contributed by atoms with Gasteiger partial charge in [0.1, 0.15) is 5.02 Å². The molecule has 0 aliphatic heterocycles. The molecule has 0 saturated carbocycles. The van der Waals surface area contributed by atoms with Crippen LogP contribution in [0, 0.1) is 10.1 Å². The van der Waals surface area contributed by atoms with E-state index in [2.05, 4.69) is 10.4 Å². The number of carbonyl (C=O) groups is 2. The third kappa shape index (κ3) is 5.33. The fraction of sp³-hybridized carbons (Fsp3) is 0.0833. The maximum absolute atomic E-state index is 12.9. The number of benzene rings is 3. The summed E-state index contributed by atoms with van der Waals surface area (Å²) in [6.45, 7) is -0.538. The minimum Gasteiger partial charge on any atom is -0.451 e. The van der Waals surface area contributed by atoms with Crippen molar-refractivity contribution in [2.24, 2.45) is 0 Å². The van der Waals surface area contributed by atoms with Crippen LogP contribution in [0.15, 0.2) is 77.6 Å². The van der Waals surface area contributed by atoms with E-state index in [1.165, 1.54) is 16.8 Å². The van der Waals surface area contributed by atoms with E-state index in [0.29, 0.717) is 5.39 Å². The summed E-state index contributed by atoms with van der Waals surface area (Å²) in [6, 6.07) is 19.4. The van der Waals surface area contributed by atoms with Crippen molar-refractivity contribution in [1.82, 2.24) is 9.78 Å². The molecule has 11 heteroatoms. The fourth-order valence-corrected chi connectivity index (χ4v) is 3.56. The zero-order chi connectivity index (χ0) is 24.9. The van der Waals surface area contributed by atoms with Crippen molar-refractivity contribution >= 4 is 45.6 Å². The quantitative estimate of drug-likeness (QED) is 0.235. The minimum absolute atomic E-state index is 0.0805. The van der Waals surface area contributed by atoms with Gasteiger partial charge >= 0.3 is 5.97 Å². The second-order valence-corrected chi connectivity index (χ2v) is 7.80. The molecule has 0 aliphatic carbocycles. The Hall–Kier alpha value is -4.57. The molecule has 10 nitrogen and oxygen atoms in total. The summed E-state index contributed by atoms with van der Waals surface area (Å²) in [5, 5.41) is 18.1. The van der Waals surface area contributed by atoms with Gasteiger partial charge in [0, 0.05) is 17.1 Å². The number of hydrogen-bond acceptors (Lipinski definition) is 7. The molecule has 0 radical (unpaired) electrons. The van der Waals surface area contributed by atoms with Gasteiger partial charge in [-0.2, -0.15) is 5.10 Å². The van der Waals surface area contributed by atoms with Gasteiger partial charge in [0.2, 0.25) is 0 Å². The van der Waals surface area contributed by atoms with E-state index in [1.807, 2.05) is 30.3 Å². The number of nitro groups is 1. The first kappa shape index (κ1) is 23.6. The molecule has 1 aromatic heterocycles. The Balaban J connectivity index is 1.54. The molecule has 35 heavy (non-hydrogen) atoms. The first-order valence-corrected chi connectivity index (χ1v) is 10.7. The number of anilines is 1. The lowest BCUT2D eigenvalue weighted by Crippen LogP contribution is -2.28. The Labute approximate surface area is 202 Å². The standard InChI is InChI=1S/C24H17ClN4O6/c25-19-11-10-16(12-20(19)29(33)34)26-21(30)14-35-24(32)22-17-8-4-5-9-18(17)23(31)28(27-22)13-15-6-2-1-3-7-15/h1-12H,13-14H2,(H,26,30). The van der Waals surface area contributed by atoms with Crippen LogP contribution in [-0.4, -0.2) is 33.2 Å². The van der Waals surface area contributed by atoms with Crippen molar-refractivity contribution in [3.8, 4) is 0 Å². The molecule has 0 saturated heterocycles. The maximum Gasteiger partial charge on any atom is 0.359 e. The molecule has 0 bridgehead atoms. The highest BCUT2D eigenvalue weighted by molar-refractivity contribution is 6.32. The molecule has 0 aliphatic rings. The number of ether oxygens (including phenoxy) is 1. The van der Waals surface area contributed by atoms with Crippen LogP contribution in [0.2, 0.25) is 5.02 Å². The molecule has 0 fully saturated rings. The molecule has 4 rings (SSSR count). The highest BCUT2D eigenvalue weighted by Gasteiger charge is 2.20. The number of fused-ring (bicyclic) bond motifs is 1. The van der Waals surface area contributed by atoms with E-state index in [9.17, 15) is 24.5 Å². The number of halogens is 1. The van der Waals surface area contributed by atoms with Gasteiger partial charge < -0.3 is 10.1 Å². The lowest BCUT2D eigenvalue weighted by Gasteiger charge is -2.11. The number of nitro benzene ring substituents is 1. The summed E-state index contributed by atoms with van der Waals surface area (Å²) in [5.74, 6) is -1.63. The number of nitrogens with one attached hydrogen (secondary N) is 1. The molecule has 3 aromatic carbocycles. The molecule has 0 spiro atoms. The van der Waals surface area contributed by atoms with Gasteiger partial charge in [-0.3, -0.25) is 19.7 Å². The van der Waals surface area contributed by atoms with E-state index in [1.54, 1.807) is 24.3 Å². The molecule has 0 unspecified atom stereocenters. The largest absolute Gasteiger partial charge is 0.451 e. The van der Waals surface area contributed by atoms with Crippen LogP contribution in [0.1, 0.15) is 16.1 Å². The number of esters is 1. The van der Waals surface area contributed by atoms with E-state index < -0.39 is 23.4 Å². The van der Waals surface area contributed by atoms with Crippen LogP contribution in [0.4, 0.5) is 11.4 Å². The Kier molecular flexibility index (Phi) is 6.83. The van der Waals surface area contributed by atoms with Crippen LogP contribution in [0.5, 0.6) is 0 Å². The summed E-state index contributed by atoms with van der Waals surface area (Å²) >= 11 is 5.77. The third-order valence-electron chi connectivity index (χ3n) is 5.00. The fourth-order valence-electron chi connectivity index (χ4n) is 3.38. The summed E-state index contributed by atoms with van der Waals surface area (Å²) in [4.78, 5) is 48.3. The van der Waals surface area contributed by atoms with Crippen molar-refractivity contribution in [1.29, 1.82) is 0 Å². The highest BCUT2D eigenvalue weighted by atomic mass is 35.5. The zero-order valence-electron chi connectivity index (χ0n) is 18.0. The van der Waals surface area contributed by atoms with Crippen molar-refractivity contribution in [2.75, 3.05) is 11.9 Å². The smallest absolute Gasteiger partial charge is 0.359 e. The number of amides is 1. The van der Waals surface area contributed by atoms with Crippen LogP contribution in [-0.2, 0) is 16.1 Å². The lowest BCUT2D eigenvalue weighted by molar-refractivity contribution is -0.384. The van der Waals surface area contributed by atoms with Crippen LogP contribution in [0.25, 0.3) is 10.8 Å². The number of rotatable bonds is 7. The SMILES string of the molecule is O=C(COC(=O)c1nn(Cc2ccccc2)c(=O)c2ccccc12)Nc1ccc(Cl)c([N+](=O)[O-])c1. The van der Waals surface area contributed by atoms with Gasteiger partial charge in [-0.25, -0.2) is 9.48 Å². The van der Waals surface area contributed by atoms with Crippen LogP contribution < -0.4 is 10.9 Å². The third-order valence-corrected chi connectivity index (χ3v) is 5.32.